The number of anilines is 2. The third kappa shape index (κ3) is 4.80. The number of rotatable bonds is 4. The van der Waals surface area contributed by atoms with Gasteiger partial charge in [-0.05, 0) is 36.8 Å². The van der Waals surface area contributed by atoms with Crippen molar-refractivity contribution in [3.63, 3.8) is 0 Å². The molecule has 2 aromatic carbocycles. The molecule has 2 aliphatic heterocycles. The molecule has 1 saturated heterocycles. The number of urea groups is 1. The van der Waals surface area contributed by atoms with Crippen molar-refractivity contribution in [2.75, 3.05) is 50.5 Å². The largest absolute Gasteiger partial charge is 0.497 e. The van der Waals surface area contributed by atoms with Crippen LogP contribution in [0.3, 0.4) is 0 Å². The highest BCUT2D eigenvalue weighted by Crippen LogP contribution is 2.28. The second kappa shape index (κ2) is 8.56. The zero-order valence-electron chi connectivity index (χ0n) is 17.5. The van der Waals surface area contributed by atoms with Gasteiger partial charge in [-0.2, -0.15) is 8.42 Å². The van der Waals surface area contributed by atoms with Gasteiger partial charge in [-0.15, -0.1) is 4.40 Å². The van der Waals surface area contributed by atoms with Gasteiger partial charge >= 0.3 is 6.03 Å². The Morgan fingerprint density at radius 3 is 2.68 bits per heavy atom. The number of benzene rings is 2. The SMILES string of the molecule is COc1cccc(NC(=O)N2CCN(CC3=NS(=O)(=O)c4cc(C)ccc4N3)CC2)c1. The molecule has 0 bridgehead atoms. The predicted octanol–water partition coefficient (Wildman–Crippen LogP) is 2.37. The van der Waals surface area contributed by atoms with Crippen LogP contribution in [-0.4, -0.2) is 69.9 Å². The summed E-state index contributed by atoms with van der Waals surface area (Å²) < 4.78 is 34.2. The number of aryl methyl sites for hydroxylation is 1. The van der Waals surface area contributed by atoms with Crippen molar-refractivity contribution in [2.24, 2.45) is 4.40 Å². The van der Waals surface area contributed by atoms with E-state index in [1.807, 2.05) is 31.2 Å². The Morgan fingerprint density at radius 2 is 1.94 bits per heavy atom. The molecule has 2 aliphatic rings. The van der Waals surface area contributed by atoms with Crippen molar-refractivity contribution < 1.29 is 17.9 Å². The van der Waals surface area contributed by atoms with Crippen LogP contribution in [-0.2, 0) is 10.0 Å². The lowest BCUT2D eigenvalue weighted by Gasteiger charge is -2.35. The molecule has 0 saturated carbocycles. The molecule has 9 nitrogen and oxygen atoms in total. The molecule has 31 heavy (non-hydrogen) atoms. The highest BCUT2D eigenvalue weighted by molar-refractivity contribution is 7.90. The fourth-order valence-electron chi connectivity index (χ4n) is 3.61. The first-order valence-electron chi connectivity index (χ1n) is 9.98. The smallest absolute Gasteiger partial charge is 0.321 e. The van der Waals surface area contributed by atoms with Gasteiger partial charge in [-0.1, -0.05) is 12.1 Å². The summed E-state index contributed by atoms with van der Waals surface area (Å²) >= 11 is 0. The molecule has 0 aliphatic carbocycles. The molecule has 2 amide bonds. The normalized spacial score (nSPS) is 17.9. The van der Waals surface area contributed by atoms with E-state index in [0.29, 0.717) is 55.7 Å². The van der Waals surface area contributed by atoms with E-state index < -0.39 is 10.0 Å². The second-order valence-corrected chi connectivity index (χ2v) is 9.14. The number of piperazine rings is 1. The van der Waals surface area contributed by atoms with Gasteiger partial charge in [0.15, 0.2) is 0 Å². The number of fused-ring (bicyclic) bond motifs is 1. The fraction of sp³-hybridized carbons (Fsp3) is 0.333. The third-order valence-corrected chi connectivity index (χ3v) is 6.63. The zero-order chi connectivity index (χ0) is 22.0. The summed E-state index contributed by atoms with van der Waals surface area (Å²) in [5.41, 5.74) is 2.09. The highest BCUT2D eigenvalue weighted by atomic mass is 32.2. The first-order valence-corrected chi connectivity index (χ1v) is 11.4. The minimum absolute atomic E-state index is 0.173. The molecule has 2 N–H and O–H groups in total. The summed E-state index contributed by atoms with van der Waals surface area (Å²) in [4.78, 5) is 16.6. The number of carbonyl (C=O) groups excluding carboxylic acids is 1. The number of hydrogen-bond donors (Lipinski definition) is 2. The number of amidine groups is 1. The highest BCUT2D eigenvalue weighted by Gasteiger charge is 2.27. The summed E-state index contributed by atoms with van der Waals surface area (Å²) in [5.74, 6) is 1.07. The van der Waals surface area contributed by atoms with Gasteiger partial charge < -0.3 is 20.3 Å². The average Bonchev–Trinajstić information content (AvgIpc) is 2.74. The van der Waals surface area contributed by atoms with Crippen LogP contribution in [0.15, 0.2) is 51.8 Å². The summed E-state index contributed by atoms with van der Waals surface area (Å²) in [6.45, 7) is 4.52. The first kappa shape index (κ1) is 21.1. The summed E-state index contributed by atoms with van der Waals surface area (Å²) in [7, 11) is -2.14. The van der Waals surface area contributed by atoms with E-state index in [1.54, 1.807) is 30.2 Å². The van der Waals surface area contributed by atoms with E-state index in [1.165, 1.54) is 0 Å². The maximum absolute atomic E-state index is 12.6. The lowest BCUT2D eigenvalue weighted by Crippen LogP contribution is -2.51. The van der Waals surface area contributed by atoms with Crippen LogP contribution in [0.4, 0.5) is 16.2 Å². The van der Waals surface area contributed by atoms with Crippen molar-refractivity contribution in [1.82, 2.24) is 9.80 Å². The summed E-state index contributed by atoms with van der Waals surface area (Å²) in [6, 6.07) is 12.3. The Balaban J connectivity index is 1.34. The van der Waals surface area contributed by atoms with Crippen LogP contribution >= 0.6 is 0 Å². The van der Waals surface area contributed by atoms with E-state index in [0.717, 1.165) is 5.56 Å². The number of carbonyl (C=O) groups is 1. The topological polar surface area (TPSA) is 103 Å². The number of methoxy groups -OCH3 is 1. The van der Waals surface area contributed by atoms with Gasteiger partial charge in [0, 0.05) is 37.9 Å². The van der Waals surface area contributed by atoms with Crippen molar-refractivity contribution in [3.8, 4) is 5.75 Å². The first-order chi connectivity index (χ1) is 14.8. The maximum atomic E-state index is 12.6. The van der Waals surface area contributed by atoms with Gasteiger partial charge in [0.25, 0.3) is 10.0 Å². The lowest BCUT2D eigenvalue weighted by atomic mass is 10.2. The molecule has 10 heteroatoms. The minimum atomic E-state index is -3.72. The van der Waals surface area contributed by atoms with E-state index in [4.69, 9.17) is 4.74 Å². The number of hydrogen-bond acceptors (Lipinski definition) is 6. The Kier molecular flexibility index (Phi) is 5.84. The fourth-order valence-corrected chi connectivity index (χ4v) is 4.84. The second-order valence-electron chi connectivity index (χ2n) is 7.56. The van der Waals surface area contributed by atoms with Gasteiger partial charge in [-0.25, -0.2) is 4.79 Å². The van der Waals surface area contributed by atoms with Crippen molar-refractivity contribution in [3.05, 3.63) is 48.0 Å². The quantitative estimate of drug-likeness (QED) is 0.752. The van der Waals surface area contributed by atoms with E-state index in [2.05, 4.69) is 19.9 Å². The molecule has 4 rings (SSSR count). The van der Waals surface area contributed by atoms with E-state index >= 15 is 0 Å². The summed E-state index contributed by atoms with van der Waals surface area (Å²) in [6.07, 6.45) is 0. The average molecular weight is 444 g/mol. The predicted molar refractivity (Wildman–Crippen MR) is 119 cm³/mol. The molecule has 2 heterocycles. The Hall–Kier alpha value is -3.11. The van der Waals surface area contributed by atoms with Crippen LogP contribution in [0.25, 0.3) is 0 Å². The van der Waals surface area contributed by atoms with E-state index in [-0.39, 0.29) is 10.9 Å². The van der Waals surface area contributed by atoms with Gasteiger partial charge in [0.1, 0.15) is 16.5 Å². The van der Waals surface area contributed by atoms with Gasteiger partial charge in [0.2, 0.25) is 0 Å². The van der Waals surface area contributed by atoms with E-state index in [9.17, 15) is 13.2 Å². The Labute approximate surface area is 181 Å². The number of nitrogens with one attached hydrogen (secondary N) is 2. The van der Waals surface area contributed by atoms with Crippen LogP contribution in [0.1, 0.15) is 5.56 Å². The van der Waals surface area contributed by atoms with Gasteiger partial charge in [0.05, 0.1) is 19.3 Å². The van der Waals surface area contributed by atoms with Gasteiger partial charge in [-0.3, -0.25) is 4.90 Å². The minimum Gasteiger partial charge on any atom is -0.497 e. The molecule has 0 unspecified atom stereocenters. The standard InChI is InChI=1S/C21H25N5O4S/c1-15-6-7-18-19(12-15)31(28,29)24-20(23-18)14-25-8-10-26(11-9-25)21(27)22-16-4-3-5-17(13-16)30-2/h3-7,12-13H,8-11,14H2,1-2H3,(H,22,27)(H,23,24). The number of nitrogens with zero attached hydrogens (tertiary/aromatic N) is 3. The molecule has 0 aromatic heterocycles. The Bertz CT molecular complexity index is 1120. The van der Waals surface area contributed by atoms with Crippen molar-refractivity contribution in [1.29, 1.82) is 0 Å². The number of amides is 2. The van der Waals surface area contributed by atoms with Crippen LogP contribution in [0.2, 0.25) is 0 Å². The molecule has 0 atom stereocenters. The summed E-state index contributed by atoms with van der Waals surface area (Å²) in [5, 5.41) is 6.01. The zero-order valence-corrected chi connectivity index (χ0v) is 18.3. The number of ether oxygens (including phenoxy) is 1. The Morgan fingerprint density at radius 1 is 1.16 bits per heavy atom. The molecule has 0 radical (unpaired) electrons. The monoisotopic (exact) mass is 443 g/mol. The molecule has 2 aromatic rings. The molecule has 0 spiro atoms. The third-order valence-electron chi connectivity index (χ3n) is 5.28. The molecule has 1 fully saturated rings. The lowest BCUT2D eigenvalue weighted by molar-refractivity contribution is 0.158. The van der Waals surface area contributed by atoms with Crippen LogP contribution < -0.4 is 15.4 Å². The maximum Gasteiger partial charge on any atom is 0.321 e. The van der Waals surface area contributed by atoms with Crippen molar-refractivity contribution >= 4 is 33.3 Å². The molecular formula is C21H25N5O4S. The number of sulfonamides is 1. The van der Waals surface area contributed by atoms with Crippen molar-refractivity contribution in [2.45, 2.75) is 11.8 Å². The van der Waals surface area contributed by atoms with Crippen LogP contribution in [0.5, 0.6) is 5.75 Å². The van der Waals surface area contributed by atoms with Crippen LogP contribution in [0, 0.1) is 6.92 Å². The molecule has 164 valence electrons. The molecular weight excluding hydrogens is 418 g/mol.